The normalized spacial score (nSPS) is 28.6. The lowest BCUT2D eigenvalue weighted by Crippen LogP contribution is -2.50. The minimum atomic E-state index is -4.07. The average molecular weight is 352 g/mol. The molecule has 1 aliphatic carbocycles. The van der Waals surface area contributed by atoms with Crippen molar-refractivity contribution >= 4 is 24.8 Å². The maximum atomic E-state index is 12.3. The Kier molecular flexibility index (Phi) is 9.51. The molecule has 0 unspecified atom stereocenters. The Bertz CT molecular complexity index is 276. The molecule has 1 saturated carbocycles. The van der Waals surface area contributed by atoms with Crippen molar-refractivity contribution in [2.24, 2.45) is 11.7 Å². The van der Waals surface area contributed by atoms with Gasteiger partial charge in [0.25, 0.3) is 0 Å². The smallest absolute Gasteiger partial charge is 0.328 e. The van der Waals surface area contributed by atoms with E-state index in [0.29, 0.717) is 25.0 Å². The van der Waals surface area contributed by atoms with Crippen LogP contribution in [0.4, 0.5) is 13.2 Å². The summed E-state index contributed by atoms with van der Waals surface area (Å²) in [6.07, 6.45) is 0.465. The van der Waals surface area contributed by atoms with Gasteiger partial charge in [0.15, 0.2) is 0 Å². The topological polar surface area (TPSA) is 32.5 Å². The minimum Gasteiger partial charge on any atom is -0.328 e. The van der Waals surface area contributed by atoms with Crippen molar-refractivity contribution in [1.82, 2.24) is 9.80 Å². The monoisotopic (exact) mass is 351 g/mol. The Morgan fingerprint density at radius 1 is 0.857 bits per heavy atom. The van der Waals surface area contributed by atoms with Gasteiger partial charge in [-0.15, -0.1) is 24.8 Å². The SMILES string of the molecule is Cl.Cl.NC1CCC(CN2CCN(CC(F)(F)F)CC2)CC1. The van der Waals surface area contributed by atoms with Crippen LogP contribution in [0.1, 0.15) is 25.7 Å². The van der Waals surface area contributed by atoms with E-state index in [1.165, 1.54) is 17.7 Å². The third-order valence-electron chi connectivity index (χ3n) is 4.28. The molecule has 0 bridgehead atoms. The second-order valence-corrected chi connectivity index (χ2v) is 5.97. The summed E-state index contributed by atoms with van der Waals surface area (Å²) in [7, 11) is 0. The van der Waals surface area contributed by atoms with Crippen molar-refractivity contribution < 1.29 is 13.2 Å². The Hall–Kier alpha value is 0.250. The molecule has 1 saturated heterocycles. The summed E-state index contributed by atoms with van der Waals surface area (Å²) >= 11 is 0. The van der Waals surface area contributed by atoms with Gasteiger partial charge in [0.1, 0.15) is 0 Å². The molecule has 0 radical (unpaired) electrons. The van der Waals surface area contributed by atoms with E-state index in [2.05, 4.69) is 4.90 Å². The van der Waals surface area contributed by atoms with Gasteiger partial charge in [0.2, 0.25) is 0 Å². The molecular weight excluding hydrogens is 326 g/mol. The lowest BCUT2D eigenvalue weighted by atomic mass is 9.86. The van der Waals surface area contributed by atoms with E-state index in [0.717, 1.165) is 32.5 Å². The zero-order chi connectivity index (χ0) is 13.9. The maximum Gasteiger partial charge on any atom is 0.401 e. The number of nitrogens with zero attached hydrogens (tertiary/aromatic N) is 2. The molecule has 3 nitrogen and oxygen atoms in total. The predicted octanol–water partition coefficient (Wildman–Crippen LogP) is 2.53. The summed E-state index contributed by atoms with van der Waals surface area (Å²) in [5.41, 5.74) is 5.88. The van der Waals surface area contributed by atoms with E-state index in [1.54, 1.807) is 0 Å². The summed E-state index contributed by atoms with van der Waals surface area (Å²) in [6.45, 7) is 2.86. The summed E-state index contributed by atoms with van der Waals surface area (Å²) < 4.78 is 36.8. The molecule has 0 atom stereocenters. The van der Waals surface area contributed by atoms with Crippen molar-refractivity contribution in [1.29, 1.82) is 0 Å². The lowest BCUT2D eigenvalue weighted by Gasteiger charge is -2.38. The van der Waals surface area contributed by atoms with E-state index in [4.69, 9.17) is 5.73 Å². The van der Waals surface area contributed by atoms with Gasteiger partial charge >= 0.3 is 6.18 Å². The lowest BCUT2D eigenvalue weighted by molar-refractivity contribution is -0.149. The fourth-order valence-electron chi connectivity index (χ4n) is 3.12. The number of rotatable bonds is 3. The van der Waals surface area contributed by atoms with Crippen LogP contribution in [-0.4, -0.2) is 61.3 Å². The van der Waals surface area contributed by atoms with E-state index in [1.807, 2.05) is 0 Å². The number of alkyl halides is 3. The highest BCUT2D eigenvalue weighted by molar-refractivity contribution is 5.85. The zero-order valence-corrected chi connectivity index (χ0v) is 13.8. The number of hydrogen-bond acceptors (Lipinski definition) is 3. The van der Waals surface area contributed by atoms with Gasteiger partial charge in [-0.3, -0.25) is 4.90 Å². The first kappa shape index (κ1) is 21.2. The van der Waals surface area contributed by atoms with E-state index in [9.17, 15) is 13.2 Å². The molecule has 0 aromatic heterocycles. The third-order valence-corrected chi connectivity index (χ3v) is 4.28. The van der Waals surface area contributed by atoms with Gasteiger partial charge in [-0.2, -0.15) is 13.2 Å². The largest absolute Gasteiger partial charge is 0.401 e. The van der Waals surface area contributed by atoms with Crippen molar-refractivity contribution in [2.75, 3.05) is 39.3 Å². The standard InChI is InChI=1S/C13H24F3N3.2ClH/c14-13(15,16)10-19-7-5-18(6-8-19)9-11-1-3-12(17)4-2-11;;/h11-12H,1-10,17H2;2*1H. The number of piperazine rings is 1. The number of nitrogens with two attached hydrogens (primary N) is 1. The molecular formula is C13H26Cl2F3N3. The van der Waals surface area contributed by atoms with Crippen molar-refractivity contribution in [3.05, 3.63) is 0 Å². The van der Waals surface area contributed by atoms with Crippen LogP contribution in [0.15, 0.2) is 0 Å². The Morgan fingerprint density at radius 3 is 1.81 bits per heavy atom. The fourth-order valence-corrected chi connectivity index (χ4v) is 3.12. The molecule has 2 N–H and O–H groups in total. The van der Waals surface area contributed by atoms with Crippen LogP contribution in [0.25, 0.3) is 0 Å². The summed E-state index contributed by atoms with van der Waals surface area (Å²) in [5, 5.41) is 0. The first-order valence-electron chi connectivity index (χ1n) is 7.19. The number of halogens is 5. The van der Waals surface area contributed by atoms with Gasteiger partial charge < -0.3 is 10.6 Å². The van der Waals surface area contributed by atoms with E-state index in [-0.39, 0.29) is 24.8 Å². The quantitative estimate of drug-likeness (QED) is 0.847. The molecule has 1 aliphatic heterocycles. The zero-order valence-electron chi connectivity index (χ0n) is 12.1. The van der Waals surface area contributed by atoms with Gasteiger partial charge in [0, 0.05) is 38.8 Å². The molecule has 0 amide bonds. The van der Waals surface area contributed by atoms with Gasteiger partial charge in [-0.25, -0.2) is 0 Å². The second kappa shape index (κ2) is 9.40. The van der Waals surface area contributed by atoms with Crippen LogP contribution < -0.4 is 5.73 Å². The highest BCUT2D eigenvalue weighted by Gasteiger charge is 2.32. The summed E-state index contributed by atoms with van der Waals surface area (Å²) in [4.78, 5) is 3.82. The molecule has 0 aromatic rings. The van der Waals surface area contributed by atoms with Crippen LogP contribution in [0, 0.1) is 5.92 Å². The highest BCUT2D eigenvalue weighted by atomic mass is 35.5. The van der Waals surface area contributed by atoms with E-state index >= 15 is 0 Å². The third kappa shape index (κ3) is 7.88. The Balaban J connectivity index is 0.00000200. The molecule has 1 heterocycles. The average Bonchev–Trinajstić information content (AvgIpc) is 2.33. The van der Waals surface area contributed by atoms with Crippen molar-refractivity contribution in [2.45, 2.75) is 37.9 Å². The Labute approximate surface area is 137 Å². The maximum absolute atomic E-state index is 12.3. The van der Waals surface area contributed by atoms with Crippen LogP contribution in [0.5, 0.6) is 0 Å². The molecule has 8 heteroatoms. The molecule has 0 spiro atoms. The summed E-state index contributed by atoms with van der Waals surface area (Å²) in [5.74, 6) is 0.689. The van der Waals surface area contributed by atoms with Gasteiger partial charge in [-0.05, 0) is 31.6 Å². The second-order valence-electron chi connectivity index (χ2n) is 5.97. The Morgan fingerprint density at radius 2 is 1.33 bits per heavy atom. The van der Waals surface area contributed by atoms with Gasteiger partial charge in [-0.1, -0.05) is 0 Å². The summed E-state index contributed by atoms with van der Waals surface area (Å²) in [6, 6.07) is 0.361. The van der Waals surface area contributed by atoms with Crippen LogP contribution >= 0.6 is 24.8 Å². The van der Waals surface area contributed by atoms with Crippen molar-refractivity contribution in [3.63, 3.8) is 0 Å². The molecule has 128 valence electrons. The van der Waals surface area contributed by atoms with Crippen LogP contribution in [0.2, 0.25) is 0 Å². The first-order valence-corrected chi connectivity index (χ1v) is 7.19. The predicted molar refractivity (Wildman–Crippen MR) is 83.4 cm³/mol. The van der Waals surface area contributed by atoms with E-state index < -0.39 is 12.7 Å². The molecule has 2 fully saturated rings. The minimum absolute atomic E-state index is 0. The molecule has 2 rings (SSSR count). The molecule has 0 aromatic carbocycles. The molecule has 2 aliphatic rings. The number of hydrogen-bond donors (Lipinski definition) is 1. The van der Waals surface area contributed by atoms with Crippen LogP contribution in [-0.2, 0) is 0 Å². The van der Waals surface area contributed by atoms with Crippen LogP contribution in [0.3, 0.4) is 0 Å². The fraction of sp³-hybridized carbons (Fsp3) is 1.00. The highest BCUT2D eigenvalue weighted by Crippen LogP contribution is 2.24. The first-order chi connectivity index (χ1) is 8.92. The molecule has 21 heavy (non-hydrogen) atoms. The van der Waals surface area contributed by atoms with Gasteiger partial charge in [0.05, 0.1) is 6.54 Å². The van der Waals surface area contributed by atoms with Crippen molar-refractivity contribution in [3.8, 4) is 0 Å².